The van der Waals surface area contributed by atoms with Crippen LogP contribution in [0, 0.1) is 12.8 Å². The molecule has 1 saturated heterocycles. The van der Waals surface area contributed by atoms with Gasteiger partial charge in [0.25, 0.3) is 0 Å². The summed E-state index contributed by atoms with van der Waals surface area (Å²) in [5.74, 6) is 3.15. The van der Waals surface area contributed by atoms with Crippen LogP contribution in [-0.4, -0.2) is 45.6 Å². The third kappa shape index (κ3) is 4.14. The molecule has 1 amide bonds. The molecule has 2 aromatic carbocycles. The molecule has 1 fully saturated rings. The zero-order valence-corrected chi connectivity index (χ0v) is 19.5. The van der Waals surface area contributed by atoms with E-state index >= 15 is 0 Å². The highest BCUT2D eigenvalue weighted by Gasteiger charge is 2.26. The quantitative estimate of drug-likeness (QED) is 0.478. The number of ether oxygens (including phenoxy) is 2. The van der Waals surface area contributed by atoms with Crippen molar-refractivity contribution >= 4 is 17.4 Å². The smallest absolute Gasteiger partial charge is 0.231 e. The molecule has 0 spiro atoms. The van der Waals surface area contributed by atoms with E-state index in [1.807, 2.05) is 53.0 Å². The molecule has 0 bridgehead atoms. The molecule has 2 aliphatic heterocycles. The molecule has 6 rings (SSSR count). The van der Waals surface area contributed by atoms with Gasteiger partial charge in [-0.15, -0.1) is 15.3 Å². The minimum Gasteiger partial charge on any atom is -0.454 e. The molecule has 9 nitrogen and oxygen atoms in total. The lowest BCUT2D eigenvalue weighted by Gasteiger charge is -2.32. The maximum atomic E-state index is 12.8. The third-order valence-electron chi connectivity index (χ3n) is 6.73. The Morgan fingerprint density at radius 3 is 2.71 bits per heavy atom. The number of hydrogen-bond acceptors (Lipinski definition) is 7. The van der Waals surface area contributed by atoms with Gasteiger partial charge in [0.15, 0.2) is 23.0 Å². The summed E-state index contributed by atoms with van der Waals surface area (Å²) < 4.78 is 12.6. The normalized spacial score (nSPS) is 15.5. The zero-order valence-electron chi connectivity index (χ0n) is 19.5. The van der Waals surface area contributed by atoms with Gasteiger partial charge in [0.05, 0.1) is 0 Å². The van der Waals surface area contributed by atoms with Crippen molar-refractivity contribution in [3.8, 4) is 22.9 Å². The second kappa shape index (κ2) is 8.90. The summed E-state index contributed by atoms with van der Waals surface area (Å²) in [7, 11) is 0. The van der Waals surface area contributed by atoms with Crippen molar-refractivity contribution in [2.24, 2.45) is 5.92 Å². The van der Waals surface area contributed by atoms with E-state index in [-0.39, 0.29) is 18.6 Å². The van der Waals surface area contributed by atoms with E-state index in [4.69, 9.17) is 14.6 Å². The summed E-state index contributed by atoms with van der Waals surface area (Å²) in [6.45, 7) is 4.31. The molecule has 2 aromatic heterocycles. The lowest BCUT2D eigenvalue weighted by Crippen LogP contribution is -2.40. The molecule has 0 radical (unpaired) electrons. The number of anilines is 1. The Morgan fingerprint density at radius 2 is 1.86 bits per heavy atom. The van der Waals surface area contributed by atoms with E-state index in [1.165, 1.54) is 0 Å². The van der Waals surface area contributed by atoms with Crippen molar-refractivity contribution in [1.82, 2.24) is 25.1 Å². The number of aryl methyl sites for hydroxylation is 1. The van der Waals surface area contributed by atoms with E-state index in [0.29, 0.717) is 12.2 Å². The highest BCUT2D eigenvalue weighted by atomic mass is 16.7. The summed E-state index contributed by atoms with van der Waals surface area (Å²) in [5, 5.41) is 16.6. The van der Waals surface area contributed by atoms with Crippen LogP contribution in [0.2, 0.25) is 0 Å². The summed E-state index contributed by atoms with van der Waals surface area (Å²) in [4.78, 5) is 15.0. The van der Waals surface area contributed by atoms with Crippen LogP contribution in [0.15, 0.2) is 54.6 Å². The standard InChI is InChI=1S/C26H26N6O3/c1-17-4-2-3-5-20(17)25-29-28-23-8-9-24(30-32(23)25)31-12-10-19(11-13-31)26(33)27-15-18-6-7-21-22(14-18)35-16-34-21/h2-9,14,19H,10-13,15-16H2,1H3,(H,27,33). The molecule has 2 aliphatic rings. The molecule has 178 valence electrons. The molecular weight excluding hydrogens is 444 g/mol. The fourth-order valence-electron chi connectivity index (χ4n) is 4.69. The van der Waals surface area contributed by atoms with Crippen molar-refractivity contribution < 1.29 is 14.3 Å². The number of aromatic nitrogens is 4. The Hall–Kier alpha value is -4.14. The highest BCUT2D eigenvalue weighted by Crippen LogP contribution is 2.32. The molecule has 0 aliphatic carbocycles. The first-order valence-corrected chi connectivity index (χ1v) is 11.9. The van der Waals surface area contributed by atoms with Crippen LogP contribution in [0.4, 0.5) is 5.82 Å². The van der Waals surface area contributed by atoms with Crippen LogP contribution in [0.3, 0.4) is 0 Å². The highest BCUT2D eigenvalue weighted by molar-refractivity contribution is 5.79. The number of piperidine rings is 1. The van der Waals surface area contributed by atoms with Gasteiger partial charge in [-0.2, -0.15) is 4.52 Å². The van der Waals surface area contributed by atoms with Crippen molar-refractivity contribution in [1.29, 1.82) is 0 Å². The molecule has 4 aromatic rings. The Kier molecular flexibility index (Phi) is 5.44. The van der Waals surface area contributed by atoms with Crippen molar-refractivity contribution in [2.45, 2.75) is 26.3 Å². The first-order chi connectivity index (χ1) is 17.2. The summed E-state index contributed by atoms with van der Waals surface area (Å²) in [6.07, 6.45) is 1.55. The van der Waals surface area contributed by atoms with Crippen molar-refractivity contribution in [3.63, 3.8) is 0 Å². The average Bonchev–Trinajstić information content (AvgIpc) is 3.54. The molecule has 35 heavy (non-hydrogen) atoms. The molecular formula is C26H26N6O3. The maximum absolute atomic E-state index is 12.8. The number of amides is 1. The first-order valence-electron chi connectivity index (χ1n) is 11.9. The molecule has 4 heterocycles. The van der Waals surface area contributed by atoms with E-state index in [0.717, 1.165) is 65.8 Å². The first kappa shape index (κ1) is 21.4. The van der Waals surface area contributed by atoms with Gasteiger partial charge >= 0.3 is 0 Å². The van der Waals surface area contributed by atoms with E-state index in [2.05, 4.69) is 33.4 Å². The Morgan fingerprint density at radius 1 is 1.03 bits per heavy atom. The Labute approximate surface area is 202 Å². The predicted molar refractivity (Wildman–Crippen MR) is 130 cm³/mol. The molecule has 9 heteroatoms. The van der Waals surface area contributed by atoms with Crippen LogP contribution < -0.4 is 19.7 Å². The van der Waals surface area contributed by atoms with Crippen LogP contribution in [0.5, 0.6) is 11.5 Å². The van der Waals surface area contributed by atoms with Gasteiger partial charge in [0, 0.05) is 31.1 Å². The van der Waals surface area contributed by atoms with Crippen molar-refractivity contribution in [2.75, 3.05) is 24.8 Å². The van der Waals surface area contributed by atoms with Gasteiger partial charge in [-0.1, -0.05) is 30.3 Å². The van der Waals surface area contributed by atoms with Gasteiger partial charge in [-0.25, -0.2) is 0 Å². The lowest BCUT2D eigenvalue weighted by molar-refractivity contribution is -0.125. The van der Waals surface area contributed by atoms with E-state index < -0.39 is 0 Å². The minimum absolute atomic E-state index is 0.0126. The van der Waals surface area contributed by atoms with E-state index in [9.17, 15) is 4.79 Å². The number of fused-ring (bicyclic) bond motifs is 2. The number of benzene rings is 2. The lowest BCUT2D eigenvalue weighted by atomic mass is 9.96. The number of nitrogens with one attached hydrogen (secondary N) is 1. The van der Waals surface area contributed by atoms with Crippen LogP contribution in [-0.2, 0) is 11.3 Å². The topological polar surface area (TPSA) is 93.9 Å². The van der Waals surface area contributed by atoms with Gasteiger partial charge in [0.1, 0.15) is 5.82 Å². The fraction of sp³-hybridized carbons (Fsp3) is 0.308. The molecule has 0 saturated carbocycles. The number of carbonyl (C=O) groups excluding carboxylic acids is 1. The predicted octanol–water partition coefficient (Wildman–Crippen LogP) is 3.36. The van der Waals surface area contributed by atoms with Crippen LogP contribution >= 0.6 is 0 Å². The fourth-order valence-corrected chi connectivity index (χ4v) is 4.69. The molecule has 0 unspecified atom stereocenters. The van der Waals surface area contributed by atoms with Gasteiger partial charge < -0.3 is 19.7 Å². The molecule has 1 N–H and O–H groups in total. The second-order valence-corrected chi connectivity index (χ2v) is 8.97. The number of carbonyl (C=O) groups is 1. The Bertz CT molecular complexity index is 1390. The second-order valence-electron chi connectivity index (χ2n) is 8.97. The maximum Gasteiger partial charge on any atom is 0.231 e. The SMILES string of the molecule is Cc1ccccc1-c1nnc2ccc(N3CCC(C(=O)NCc4ccc5c(c4)OCO5)CC3)nn12. The largest absolute Gasteiger partial charge is 0.454 e. The summed E-state index contributed by atoms with van der Waals surface area (Å²) in [5.41, 5.74) is 3.85. The summed E-state index contributed by atoms with van der Waals surface area (Å²) >= 11 is 0. The Balaban J connectivity index is 1.10. The third-order valence-corrected chi connectivity index (χ3v) is 6.73. The monoisotopic (exact) mass is 470 g/mol. The van der Waals surface area contributed by atoms with Crippen molar-refractivity contribution in [3.05, 3.63) is 65.7 Å². The number of rotatable bonds is 5. The average molecular weight is 471 g/mol. The molecule has 0 atom stereocenters. The van der Waals surface area contributed by atoms with E-state index in [1.54, 1.807) is 0 Å². The summed E-state index contributed by atoms with van der Waals surface area (Å²) in [6, 6.07) is 17.8. The van der Waals surface area contributed by atoms with Crippen LogP contribution in [0.1, 0.15) is 24.0 Å². The number of nitrogens with zero attached hydrogens (tertiary/aromatic N) is 5. The van der Waals surface area contributed by atoms with Crippen LogP contribution in [0.25, 0.3) is 17.0 Å². The zero-order chi connectivity index (χ0) is 23.8. The van der Waals surface area contributed by atoms with Gasteiger partial charge in [0.2, 0.25) is 12.7 Å². The minimum atomic E-state index is -0.0126. The number of hydrogen-bond donors (Lipinski definition) is 1. The van der Waals surface area contributed by atoms with Gasteiger partial charge in [-0.05, 0) is 55.2 Å². The van der Waals surface area contributed by atoms with Gasteiger partial charge in [-0.3, -0.25) is 4.79 Å².